The first-order chi connectivity index (χ1) is 9.88. The van der Waals surface area contributed by atoms with Crippen LogP contribution in [0.2, 0.25) is 0 Å². The fraction of sp³-hybridized carbons (Fsp3) is 0.529. The average molecular weight is 290 g/mol. The molecule has 0 amide bonds. The lowest BCUT2D eigenvalue weighted by Gasteiger charge is -2.22. The summed E-state index contributed by atoms with van der Waals surface area (Å²) in [4.78, 5) is 23.0. The molecule has 2 aliphatic rings. The highest BCUT2D eigenvalue weighted by Gasteiger charge is 2.37. The van der Waals surface area contributed by atoms with Crippen molar-refractivity contribution in [3.8, 4) is 0 Å². The van der Waals surface area contributed by atoms with E-state index in [1.807, 2.05) is 13.0 Å². The first kappa shape index (κ1) is 15.5. The lowest BCUT2D eigenvalue weighted by molar-refractivity contribution is -0.144. The number of ether oxygens (including phenoxy) is 2. The molecular formula is C17H22O4. The second-order valence-electron chi connectivity index (χ2n) is 5.84. The summed E-state index contributed by atoms with van der Waals surface area (Å²) in [6.45, 7) is 9.22. The number of fused-ring (bicyclic) bond motifs is 1. The first-order valence-electron chi connectivity index (χ1n) is 7.29. The third-order valence-electron chi connectivity index (χ3n) is 4.12. The first-order valence-corrected chi connectivity index (χ1v) is 7.29. The van der Waals surface area contributed by atoms with E-state index >= 15 is 0 Å². The van der Waals surface area contributed by atoms with Gasteiger partial charge in [0.1, 0.15) is 12.2 Å². The van der Waals surface area contributed by atoms with Crippen LogP contribution in [0.1, 0.15) is 40.0 Å². The Morgan fingerprint density at radius 1 is 1.43 bits per heavy atom. The number of carbonyl (C=O) groups is 2. The van der Waals surface area contributed by atoms with Crippen LogP contribution in [0.4, 0.5) is 0 Å². The van der Waals surface area contributed by atoms with Crippen LogP contribution in [0, 0.1) is 5.92 Å². The molecule has 0 aromatic heterocycles. The molecule has 1 fully saturated rings. The predicted octanol–water partition coefficient (Wildman–Crippen LogP) is 3.09. The van der Waals surface area contributed by atoms with E-state index in [4.69, 9.17) is 9.47 Å². The summed E-state index contributed by atoms with van der Waals surface area (Å²) >= 11 is 0. The standard InChI is InChI=1S/C17H22O4/c1-10-5-7-14-12(3)17(19)21-16(14)9-11(2)15(8-6-10)20-13(4)18/h6,9,14-16H,3,5,7-8H2,1-2,4H3/b10-6-,11-9-/t14-,15-,16+/m0/s1. The quantitative estimate of drug-likeness (QED) is 0.423. The maximum Gasteiger partial charge on any atom is 0.334 e. The molecule has 4 nitrogen and oxygen atoms in total. The van der Waals surface area contributed by atoms with E-state index in [0.717, 1.165) is 18.4 Å². The maximum absolute atomic E-state index is 11.7. The van der Waals surface area contributed by atoms with Crippen molar-refractivity contribution in [3.63, 3.8) is 0 Å². The van der Waals surface area contributed by atoms with E-state index in [9.17, 15) is 9.59 Å². The molecule has 4 heteroatoms. The second-order valence-corrected chi connectivity index (χ2v) is 5.84. The Bertz CT molecular complexity index is 527. The van der Waals surface area contributed by atoms with Gasteiger partial charge in [0.25, 0.3) is 0 Å². The van der Waals surface area contributed by atoms with Gasteiger partial charge in [0, 0.05) is 24.8 Å². The topological polar surface area (TPSA) is 52.6 Å². The van der Waals surface area contributed by atoms with Crippen molar-refractivity contribution >= 4 is 11.9 Å². The zero-order valence-corrected chi connectivity index (χ0v) is 12.8. The van der Waals surface area contributed by atoms with Crippen LogP contribution in [-0.4, -0.2) is 24.1 Å². The van der Waals surface area contributed by atoms with Crippen LogP contribution in [-0.2, 0) is 19.1 Å². The Morgan fingerprint density at radius 3 is 2.81 bits per heavy atom. The molecule has 3 atom stereocenters. The highest BCUT2D eigenvalue weighted by molar-refractivity contribution is 5.91. The molecule has 1 saturated heterocycles. The second kappa shape index (κ2) is 6.29. The number of hydrogen-bond acceptors (Lipinski definition) is 4. The Balaban J connectivity index is 2.31. The summed E-state index contributed by atoms with van der Waals surface area (Å²) in [5, 5.41) is 0. The molecule has 0 radical (unpaired) electrons. The minimum Gasteiger partial charge on any atom is -0.458 e. The number of rotatable bonds is 1. The Labute approximate surface area is 125 Å². The van der Waals surface area contributed by atoms with E-state index in [1.54, 1.807) is 0 Å². The number of esters is 2. The third kappa shape index (κ3) is 3.63. The van der Waals surface area contributed by atoms with Crippen LogP contribution in [0.5, 0.6) is 0 Å². The molecular weight excluding hydrogens is 268 g/mol. The van der Waals surface area contributed by atoms with E-state index < -0.39 is 0 Å². The number of allylic oxidation sites excluding steroid dienone is 1. The van der Waals surface area contributed by atoms with Crippen molar-refractivity contribution in [2.45, 2.75) is 52.2 Å². The molecule has 114 valence electrons. The number of carbonyl (C=O) groups excluding carboxylic acids is 2. The third-order valence-corrected chi connectivity index (χ3v) is 4.12. The van der Waals surface area contributed by atoms with Crippen LogP contribution >= 0.6 is 0 Å². The van der Waals surface area contributed by atoms with Gasteiger partial charge in [-0.3, -0.25) is 4.79 Å². The molecule has 0 bridgehead atoms. The van der Waals surface area contributed by atoms with Gasteiger partial charge in [-0.15, -0.1) is 0 Å². The highest BCUT2D eigenvalue weighted by Crippen LogP contribution is 2.34. The molecule has 0 saturated carbocycles. The number of hydrogen-bond donors (Lipinski definition) is 0. The van der Waals surface area contributed by atoms with Crippen molar-refractivity contribution in [2.24, 2.45) is 5.92 Å². The summed E-state index contributed by atoms with van der Waals surface area (Å²) in [6.07, 6.45) is 5.79. The van der Waals surface area contributed by atoms with Crippen molar-refractivity contribution in [3.05, 3.63) is 35.5 Å². The normalized spacial score (nSPS) is 34.9. The minimum atomic E-state index is -0.320. The van der Waals surface area contributed by atoms with Crippen molar-refractivity contribution < 1.29 is 19.1 Å². The zero-order chi connectivity index (χ0) is 15.6. The summed E-state index contributed by atoms with van der Waals surface area (Å²) in [5.41, 5.74) is 2.68. The molecule has 21 heavy (non-hydrogen) atoms. The van der Waals surface area contributed by atoms with Gasteiger partial charge < -0.3 is 9.47 Å². The highest BCUT2D eigenvalue weighted by atomic mass is 16.6. The van der Waals surface area contributed by atoms with Crippen LogP contribution in [0.3, 0.4) is 0 Å². The lowest BCUT2D eigenvalue weighted by atomic mass is 9.87. The van der Waals surface area contributed by atoms with Gasteiger partial charge >= 0.3 is 11.9 Å². The van der Waals surface area contributed by atoms with Crippen molar-refractivity contribution in [1.82, 2.24) is 0 Å². The molecule has 1 heterocycles. The van der Waals surface area contributed by atoms with Gasteiger partial charge in [0.05, 0.1) is 0 Å². The predicted molar refractivity (Wildman–Crippen MR) is 79.4 cm³/mol. The molecule has 2 rings (SSSR count). The van der Waals surface area contributed by atoms with Gasteiger partial charge in [-0.05, 0) is 38.3 Å². The Kier molecular flexibility index (Phi) is 4.66. The van der Waals surface area contributed by atoms with Crippen LogP contribution < -0.4 is 0 Å². The molecule has 1 aliphatic carbocycles. The largest absolute Gasteiger partial charge is 0.458 e. The maximum atomic E-state index is 11.7. The Hall–Kier alpha value is -1.84. The fourth-order valence-corrected chi connectivity index (χ4v) is 2.81. The van der Waals surface area contributed by atoms with Crippen LogP contribution in [0.25, 0.3) is 0 Å². The summed E-state index contributed by atoms with van der Waals surface area (Å²) < 4.78 is 10.8. The monoisotopic (exact) mass is 290 g/mol. The van der Waals surface area contributed by atoms with E-state index in [1.165, 1.54) is 12.5 Å². The average Bonchev–Trinajstić information content (AvgIpc) is 2.66. The molecule has 0 aromatic rings. The molecule has 0 N–H and O–H groups in total. The van der Waals surface area contributed by atoms with Crippen LogP contribution in [0.15, 0.2) is 35.5 Å². The minimum absolute atomic E-state index is 0.00637. The van der Waals surface area contributed by atoms with Crippen molar-refractivity contribution in [1.29, 1.82) is 0 Å². The van der Waals surface area contributed by atoms with Gasteiger partial charge in [-0.2, -0.15) is 0 Å². The SMILES string of the molecule is C=C1C(=O)O[C@@H]2/C=C(/C)[C@@H](OC(C)=O)C/C=C(/C)CC[C@@H]12. The molecule has 0 aromatic carbocycles. The zero-order valence-electron chi connectivity index (χ0n) is 12.8. The summed E-state index contributed by atoms with van der Waals surface area (Å²) in [6, 6.07) is 0. The summed E-state index contributed by atoms with van der Waals surface area (Å²) in [7, 11) is 0. The molecule has 0 unspecified atom stereocenters. The van der Waals surface area contributed by atoms with E-state index in [2.05, 4.69) is 19.6 Å². The van der Waals surface area contributed by atoms with Gasteiger partial charge in [-0.25, -0.2) is 4.79 Å². The van der Waals surface area contributed by atoms with Crippen molar-refractivity contribution in [2.75, 3.05) is 0 Å². The molecule has 1 aliphatic heterocycles. The van der Waals surface area contributed by atoms with E-state index in [-0.39, 0.29) is 30.1 Å². The fourth-order valence-electron chi connectivity index (χ4n) is 2.81. The summed E-state index contributed by atoms with van der Waals surface area (Å²) in [5.74, 6) is -0.619. The van der Waals surface area contributed by atoms with Gasteiger partial charge in [0.15, 0.2) is 0 Å². The molecule has 0 spiro atoms. The lowest BCUT2D eigenvalue weighted by Crippen LogP contribution is -2.22. The van der Waals surface area contributed by atoms with E-state index in [0.29, 0.717) is 12.0 Å². The Morgan fingerprint density at radius 2 is 2.14 bits per heavy atom. The van der Waals surface area contributed by atoms with Gasteiger partial charge in [0.2, 0.25) is 0 Å². The van der Waals surface area contributed by atoms with Gasteiger partial charge in [-0.1, -0.05) is 18.2 Å². The smallest absolute Gasteiger partial charge is 0.334 e.